The molecule has 2 aliphatic heterocycles. The number of piperidine rings is 1. The van der Waals surface area contributed by atoms with Crippen molar-refractivity contribution in [1.29, 1.82) is 0 Å². The first-order valence-corrected chi connectivity index (χ1v) is 14.6. The highest BCUT2D eigenvalue weighted by Crippen LogP contribution is 2.74. The molecule has 7 bridgehead atoms. The van der Waals surface area contributed by atoms with Gasteiger partial charge in [0, 0.05) is 50.5 Å². The number of aliphatic hydroxyl groups excluding tert-OH is 1. The monoisotopic (exact) mass is 555 g/mol. The van der Waals surface area contributed by atoms with Crippen molar-refractivity contribution in [3.8, 4) is 0 Å². The fraction of sp³-hybridized carbons (Fsp3) is 0.710. The van der Waals surface area contributed by atoms with Crippen molar-refractivity contribution in [3.63, 3.8) is 0 Å². The van der Waals surface area contributed by atoms with Gasteiger partial charge in [-0.1, -0.05) is 31.2 Å². The third-order valence-corrected chi connectivity index (χ3v) is 11.5. The van der Waals surface area contributed by atoms with E-state index in [1.807, 2.05) is 6.07 Å². The van der Waals surface area contributed by atoms with Crippen LogP contribution >= 0.6 is 0 Å². The number of methoxy groups -OCH3 is 3. The van der Waals surface area contributed by atoms with E-state index in [4.69, 9.17) is 23.7 Å². The highest BCUT2D eigenvalue weighted by atomic mass is 16.6. The van der Waals surface area contributed by atoms with Gasteiger partial charge in [-0.25, -0.2) is 4.79 Å². The van der Waals surface area contributed by atoms with Gasteiger partial charge in [0.25, 0.3) is 0 Å². The first-order chi connectivity index (χ1) is 19.3. The molecule has 7 rings (SSSR count). The van der Waals surface area contributed by atoms with Crippen molar-refractivity contribution in [3.05, 3.63) is 47.5 Å². The molecule has 9 heteroatoms. The SMILES string of the molecule is CCN1CC2(COC)CCC(OC)C34C5CC6(O)C(OC)C(O)C(=CC(OC13)C24)C5C6OC(=O)c1ccccc1. The highest BCUT2D eigenvalue weighted by Gasteiger charge is 2.81. The van der Waals surface area contributed by atoms with E-state index < -0.39 is 41.2 Å². The summed E-state index contributed by atoms with van der Waals surface area (Å²) in [6.07, 6.45) is 0.683. The molecule has 1 aromatic rings. The van der Waals surface area contributed by atoms with Crippen LogP contribution in [0.4, 0.5) is 0 Å². The maximum Gasteiger partial charge on any atom is 0.338 e. The molecule has 12 atom stereocenters. The summed E-state index contributed by atoms with van der Waals surface area (Å²) in [5, 5.41) is 24.2. The Bertz CT molecular complexity index is 1190. The number of ether oxygens (including phenoxy) is 5. The molecule has 1 aromatic carbocycles. The smallest absolute Gasteiger partial charge is 0.338 e. The molecule has 0 spiro atoms. The quantitative estimate of drug-likeness (QED) is 0.386. The van der Waals surface area contributed by atoms with E-state index >= 15 is 0 Å². The lowest BCUT2D eigenvalue weighted by molar-refractivity contribution is -0.246. The second kappa shape index (κ2) is 9.33. The molecule has 0 aromatic heterocycles. The van der Waals surface area contributed by atoms with Gasteiger partial charge in [0.05, 0.1) is 24.4 Å². The van der Waals surface area contributed by atoms with Crippen LogP contribution < -0.4 is 0 Å². The number of carbonyl (C=O) groups is 1. The standard InChI is InChI=1S/C31H41NO8/c1-5-32-15-29(16-36-2)12-11-21(37-3)31-19-14-30(35)25(40-27(34)17-9-7-6-8-10-17)22(19)18(23(33)26(30)38-4)13-20(24(29)31)39-28(31)32/h6-10,13,19-26,28,33,35H,5,11-12,14-16H2,1-4H3. The van der Waals surface area contributed by atoms with E-state index in [2.05, 4.69) is 17.9 Å². The van der Waals surface area contributed by atoms with E-state index in [0.717, 1.165) is 31.5 Å². The summed E-state index contributed by atoms with van der Waals surface area (Å²) in [6, 6.07) is 8.86. The van der Waals surface area contributed by atoms with Crippen LogP contribution in [0.15, 0.2) is 42.0 Å². The normalized spacial score (nSPS) is 48.5. The highest BCUT2D eigenvalue weighted by molar-refractivity contribution is 5.89. The zero-order valence-electron chi connectivity index (χ0n) is 23.7. The van der Waals surface area contributed by atoms with Crippen LogP contribution in [0.1, 0.15) is 36.5 Å². The lowest BCUT2D eigenvalue weighted by Gasteiger charge is -2.64. The van der Waals surface area contributed by atoms with Gasteiger partial charge in [-0.3, -0.25) is 4.90 Å². The Kier molecular flexibility index (Phi) is 6.30. The number of esters is 1. The summed E-state index contributed by atoms with van der Waals surface area (Å²) in [6.45, 7) is 4.43. The van der Waals surface area contributed by atoms with E-state index in [0.29, 0.717) is 18.6 Å². The summed E-state index contributed by atoms with van der Waals surface area (Å²) in [4.78, 5) is 15.9. The molecule has 40 heavy (non-hydrogen) atoms. The number of hydrogen-bond donors (Lipinski definition) is 2. The molecule has 2 N–H and O–H groups in total. The van der Waals surface area contributed by atoms with Gasteiger partial charge in [0.2, 0.25) is 0 Å². The second-order valence-corrected chi connectivity index (χ2v) is 12.8. The van der Waals surface area contributed by atoms with Crippen LogP contribution in [0.2, 0.25) is 0 Å². The third-order valence-electron chi connectivity index (χ3n) is 11.5. The van der Waals surface area contributed by atoms with Gasteiger partial charge in [0.15, 0.2) is 0 Å². The summed E-state index contributed by atoms with van der Waals surface area (Å²) in [5.41, 5.74) is -1.09. The van der Waals surface area contributed by atoms with E-state index in [-0.39, 0.29) is 35.7 Å². The van der Waals surface area contributed by atoms with Crippen molar-refractivity contribution >= 4 is 5.97 Å². The van der Waals surface area contributed by atoms with Crippen molar-refractivity contribution in [1.82, 2.24) is 4.90 Å². The van der Waals surface area contributed by atoms with Gasteiger partial charge in [-0.05, 0) is 49.4 Å². The maximum absolute atomic E-state index is 13.4. The van der Waals surface area contributed by atoms with Crippen molar-refractivity contribution < 1.29 is 38.7 Å². The Morgan fingerprint density at radius 1 is 1.15 bits per heavy atom. The van der Waals surface area contributed by atoms with Gasteiger partial charge in [0.1, 0.15) is 30.1 Å². The molecular formula is C31H41NO8. The summed E-state index contributed by atoms with van der Waals surface area (Å²) >= 11 is 0. The Hall–Kier alpha value is -1.85. The minimum Gasteiger partial charge on any atom is -0.455 e. The Labute approximate surface area is 235 Å². The lowest BCUT2D eigenvalue weighted by Crippen LogP contribution is -2.71. The zero-order chi connectivity index (χ0) is 28.0. The van der Waals surface area contributed by atoms with Crippen LogP contribution in [-0.4, -0.2) is 104 Å². The Morgan fingerprint density at radius 2 is 1.93 bits per heavy atom. The summed E-state index contributed by atoms with van der Waals surface area (Å²) < 4.78 is 31.3. The topological polar surface area (TPSA) is 107 Å². The number of nitrogens with zero attached hydrogens (tertiary/aromatic N) is 1. The molecule has 9 nitrogen and oxygen atoms in total. The number of rotatable bonds is 7. The van der Waals surface area contributed by atoms with Crippen LogP contribution in [0.3, 0.4) is 0 Å². The van der Waals surface area contributed by atoms with Crippen LogP contribution in [-0.2, 0) is 23.7 Å². The van der Waals surface area contributed by atoms with Crippen LogP contribution in [0.5, 0.6) is 0 Å². The fourth-order valence-electron chi connectivity index (χ4n) is 10.4. The Morgan fingerprint density at radius 3 is 2.60 bits per heavy atom. The van der Waals surface area contributed by atoms with E-state index in [1.165, 1.54) is 7.11 Å². The number of fused-ring (bicyclic) bond motifs is 1. The van der Waals surface area contributed by atoms with Gasteiger partial charge < -0.3 is 33.9 Å². The largest absolute Gasteiger partial charge is 0.455 e. The molecule has 5 fully saturated rings. The van der Waals surface area contributed by atoms with E-state index in [9.17, 15) is 15.0 Å². The van der Waals surface area contributed by atoms with Crippen molar-refractivity contribution in [2.45, 2.75) is 68.5 Å². The predicted molar refractivity (Wildman–Crippen MR) is 143 cm³/mol. The number of benzene rings is 1. The average Bonchev–Trinajstić information content (AvgIpc) is 3.30. The molecule has 4 aliphatic carbocycles. The average molecular weight is 556 g/mol. The van der Waals surface area contributed by atoms with Gasteiger partial charge >= 0.3 is 5.97 Å². The minimum absolute atomic E-state index is 0.0653. The second-order valence-electron chi connectivity index (χ2n) is 12.8. The van der Waals surface area contributed by atoms with Gasteiger partial charge in [-0.15, -0.1) is 0 Å². The van der Waals surface area contributed by atoms with Crippen molar-refractivity contribution in [2.24, 2.45) is 28.6 Å². The summed E-state index contributed by atoms with van der Waals surface area (Å²) in [5.74, 6) is -0.999. The zero-order valence-corrected chi connectivity index (χ0v) is 23.7. The number of carbonyl (C=O) groups excluding carboxylic acids is 1. The first-order valence-electron chi connectivity index (χ1n) is 14.6. The van der Waals surface area contributed by atoms with Crippen LogP contribution in [0, 0.1) is 28.6 Å². The molecule has 3 saturated carbocycles. The predicted octanol–water partition coefficient (Wildman–Crippen LogP) is 2.01. The van der Waals surface area contributed by atoms with Crippen molar-refractivity contribution in [2.75, 3.05) is 41.0 Å². The number of hydrogen-bond acceptors (Lipinski definition) is 9. The molecule has 0 amide bonds. The number of likely N-dealkylation sites (tertiary alicyclic amines) is 1. The molecule has 218 valence electrons. The minimum atomic E-state index is -1.58. The molecule has 12 unspecified atom stereocenters. The number of aliphatic hydroxyl groups is 2. The molecule has 6 aliphatic rings. The Balaban J connectivity index is 1.42. The third kappa shape index (κ3) is 3.20. The molecule has 2 saturated heterocycles. The van der Waals surface area contributed by atoms with E-state index in [1.54, 1.807) is 38.5 Å². The lowest BCUT2D eigenvalue weighted by atomic mass is 9.46. The van der Waals surface area contributed by atoms with Crippen LogP contribution in [0.25, 0.3) is 0 Å². The molecule has 0 radical (unpaired) electrons. The maximum atomic E-state index is 13.4. The molecular weight excluding hydrogens is 514 g/mol. The first kappa shape index (κ1) is 27.0. The van der Waals surface area contributed by atoms with Gasteiger partial charge in [-0.2, -0.15) is 0 Å². The fourth-order valence-corrected chi connectivity index (χ4v) is 10.4. The summed E-state index contributed by atoms with van der Waals surface area (Å²) in [7, 11) is 5.04. The molecule has 2 heterocycles.